The molecule has 2 unspecified atom stereocenters. The minimum absolute atomic E-state index is 0.335. The second-order valence-electron chi connectivity index (χ2n) is 8.71. The SMILES string of the molecule is [CH2]CCCCCCCCCCCCCCCOC1CCCCC([O])COCC1. The van der Waals surface area contributed by atoms with Gasteiger partial charge in [-0.3, -0.25) is 0 Å². The highest BCUT2D eigenvalue weighted by Crippen LogP contribution is 2.16. The smallest absolute Gasteiger partial charge is 0.116 e. The van der Waals surface area contributed by atoms with Crippen molar-refractivity contribution in [3.8, 4) is 0 Å². The second-order valence-corrected chi connectivity index (χ2v) is 8.71. The van der Waals surface area contributed by atoms with Gasteiger partial charge in [0.25, 0.3) is 0 Å². The number of hydrogen-bond acceptors (Lipinski definition) is 2. The van der Waals surface area contributed by atoms with Crippen molar-refractivity contribution in [2.45, 2.75) is 134 Å². The lowest BCUT2D eigenvalue weighted by molar-refractivity contribution is -0.0346. The van der Waals surface area contributed by atoms with Crippen LogP contribution in [-0.2, 0) is 14.6 Å². The number of rotatable bonds is 16. The summed E-state index contributed by atoms with van der Waals surface area (Å²) in [7, 11) is 0. The van der Waals surface area contributed by atoms with E-state index < -0.39 is 6.10 Å². The Labute approximate surface area is 176 Å². The van der Waals surface area contributed by atoms with Crippen molar-refractivity contribution >= 4 is 0 Å². The van der Waals surface area contributed by atoms with Gasteiger partial charge >= 0.3 is 0 Å². The second kappa shape index (κ2) is 20.2. The molecule has 0 aliphatic carbocycles. The van der Waals surface area contributed by atoms with Crippen molar-refractivity contribution in [1.29, 1.82) is 0 Å². The molecule has 0 spiro atoms. The van der Waals surface area contributed by atoms with Crippen molar-refractivity contribution in [3.05, 3.63) is 6.92 Å². The van der Waals surface area contributed by atoms with Gasteiger partial charge in [-0.1, -0.05) is 103 Å². The summed E-state index contributed by atoms with van der Waals surface area (Å²) in [6.45, 7) is 5.85. The van der Waals surface area contributed by atoms with Gasteiger partial charge in [-0.25, -0.2) is 5.11 Å². The van der Waals surface area contributed by atoms with Crippen molar-refractivity contribution in [3.63, 3.8) is 0 Å². The lowest BCUT2D eigenvalue weighted by Crippen LogP contribution is -2.21. The van der Waals surface area contributed by atoms with Gasteiger partial charge in [0.2, 0.25) is 0 Å². The van der Waals surface area contributed by atoms with Gasteiger partial charge in [-0.2, -0.15) is 0 Å². The van der Waals surface area contributed by atoms with Gasteiger partial charge in [0.15, 0.2) is 0 Å². The van der Waals surface area contributed by atoms with Gasteiger partial charge in [-0.15, -0.1) is 0 Å². The van der Waals surface area contributed by atoms with Crippen LogP contribution in [0.25, 0.3) is 0 Å². The molecule has 0 amide bonds. The zero-order chi connectivity index (χ0) is 20.1. The number of ether oxygens (including phenoxy) is 2. The Morgan fingerprint density at radius 2 is 1.25 bits per heavy atom. The molecule has 1 saturated heterocycles. The highest BCUT2D eigenvalue weighted by atomic mass is 16.5. The van der Waals surface area contributed by atoms with E-state index in [1.165, 1.54) is 83.5 Å². The van der Waals surface area contributed by atoms with Crippen molar-refractivity contribution in [1.82, 2.24) is 0 Å². The first-order chi connectivity index (χ1) is 13.8. The highest BCUT2D eigenvalue weighted by molar-refractivity contribution is 4.63. The Morgan fingerprint density at radius 1 is 0.714 bits per heavy atom. The van der Waals surface area contributed by atoms with E-state index in [1.807, 2.05) is 0 Å². The first-order valence-electron chi connectivity index (χ1n) is 12.5. The van der Waals surface area contributed by atoms with E-state index in [-0.39, 0.29) is 0 Å². The lowest BCUT2D eigenvalue weighted by Gasteiger charge is -2.20. The van der Waals surface area contributed by atoms with E-state index in [4.69, 9.17) is 9.47 Å². The number of unbranched alkanes of at least 4 members (excludes halogenated alkanes) is 13. The van der Waals surface area contributed by atoms with E-state index in [0.717, 1.165) is 45.1 Å². The highest BCUT2D eigenvalue weighted by Gasteiger charge is 2.14. The summed E-state index contributed by atoms with van der Waals surface area (Å²) in [5, 5.41) is 11.5. The Kier molecular flexibility index (Phi) is 18.7. The molecule has 2 atom stereocenters. The van der Waals surface area contributed by atoms with E-state index in [9.17, 15) is 5.11 Å². The summed E-state index contributed by atoms with van der Waals surface area (Å²) >= 11 is 0. The molecule has 1 aliphatic heterocycles. The Balaban J connectivity index is 1.82. The summed E-state index contributed by atoms with van der Waals surface area (Å²) in [5.41, 5.74) is 0. The van der Waals surface area contributed by atoms with Crippen LogP contribution in [0.1, 0.15) is 122 Å². The van der Waals surface area contributed by atoms with Crippen LogP contribution >= 0.6 is 0 Å². The predicted octanol–water partition coefficient (Wildman–Crippen LogP) is 7.45. The third-order valence-electron chi connectivity index (χ3n) is 5.94. The molecule has 0 aromatic carbocycles. The summed E-state index contributed by atoms with van der Waals surface area (Å²) < 4.78 is 11.6. The third-order valence-corrected chi connectivity index (χ3v) is 5.94. The molecule has 3 nitrogen and oxygen atoms in total. The molecule has 0 N–H and O–H groups in total. The molecule has 0 aromatic heterocycles. The van der Waals surface area contributed by atoms with Gasteiger partial charge < -0.3 is 9.47 Å². The van der Waals surface area contributed by atoms with Crippen LogP contribution in [0.15, 0.2) is 0 Å². The molecule has 28 heavy (non-hydrogen) atoms. The van der Waals surface area contributed by atoms with Crippen LogP contribution in [0, 0.1) is 6.92 Å². The number of hydrogen-bond donors (Lipinski definition) is 0. The molecule has 1 heterocycles. The Bertz CT molecular complexity index is 296. The predicted molar refractivity (Wildman–Crippen MR) is 118 cm³/mol. The summed E-state index contributed by atoms with van der Waals surface area (Å²) in [4.78, 5) is 0. The van der Waals surface area contributed by atoms with Gasteiger partial charge in [0.05, 0.1) is 12.7 Å². The maximum Gasteiger partial charge on any atom is 0.116 e. The molecule has 0 bridgehead atoms. The van der Waals surface area contributed by atoms with E-state index in [1.54, 1.807) is 0 Å². The average Bonchev–Trinajstić information content (AvgIpc) is 2.70. The maximum absolute atomic E-state index is 11.5. The zero-order valence-electron chi connectivity index (χ0n) is 18.6. The minimum Gasteiger partial charge on any atom is -0.379 e. The van der Waals surface area contributed by atoms with Gasteiger partial charge in [-0.05, 0) is 25.7 Å². The fourth-order valence-corrected chi connectivity index (χ4v) is 4.04. The fraction of sp³-hybridized carbons (Fsp3) is 0.960. The van der Waals surface area contributed by atoms with Crippen LogP contribution in [0.2, 0.25) is 0 Å². The van der Waals surface area contributed by atoms with Crippen LogP contribution in [0.4, 0.5) is 0 Å². The Hall–Kier alpha value is -0.120. The molecular formula is C25H48O3. The minimum atomic E-state index is -0.522. The van der Waals surface area contributed by atoms with Crippen molar-refractivity contribution in [2.24, 2.45) is 0 Å². The molecule has 3 heteroatoms. The van der Waals surface area contributed by atoms with Gasteiger partial charge in [0.1, 0.15) is 6.10 Å². The summed E-state index contributed by atoms with van der Waals surface area (Å²) in [6.07, 6.45) is 23.7. The maximum atomic E-state index is 11.5. The standard InChI is InChI=1S/C25H48O3/c1-2-3-4-5-6-7-8-9-10-11-12-13-14-17-21-28-25-19-16-15-18-24(26)23-27-22-20-25/h24-25H,1-23H2. The molecule has 1 fully saturated rings. The summed E-state index contributed by atoms with van der Waals surface area (Å²) in [5.74, 6) is 0. The normalized spacial score (nSPS) is 21.6. The van der Waals surface area contributed by atoms with Crippen molar-refractivity contribution < 1.29 is 14.6 Å². The first kappa shape index (κ1) is 25.9. The molecule has 166 valence electrons. The monoisotopic (exact) mass is 396 g/mol. The molecule has 1 aliphatic rings. The topological polar surface area (TPSA) is 38.4 Å². The molecule has 0 aromatic rings. The molecular weight excluding hydrogens is 348 g/mol. The first-order valence-corrected chi connectivity index (χ1v) is 12.5. The molecule has 1 rings (SSSR count). The van der Waals surface area contributed by atoms with E-state index in [0.29, 0.717) is 19.3 Å². The van der Waals surface area contributed by atoms with Crippen LogP contribution in [0.5, 0.6) is 0 Å². The van der Waals surface area contributed by atoms with E-state index >= 15 is 0 Å². The third kappa shape index (κ3) is 16.8. The van der Waals surface area contributed by atoms with Crippen LogP contribution in [0.3, 0.4) is 0 Å². The summed E-state index contributed by atoms with van der Waals surface area (Å²) in [6, 6.07) is 0. The van der Waals surface area contributed by atoms with Crippen molar-refractivity contribution in [2.75, 3.05) is 19.8 Å². The average molecular weight is 397 g/mol. The van der Waals surface area contributed by atoms with Gasteiger partial charge in [0, 0.05) is 13.2 Å². The largest absolute Gasteiger partial charge is 0.379 e. The fourth-order valence-electron chi connectivity index (χ4n) is 4.04. The Morgan fingerprint density at radius 3 is 1.86 bits per heavy atom. The molecule has 2 radical (unpaired) electrons. The van der Waals surface area contributed by atoms with E-state index in [2.05, 4.69) is 6.92 Å². The zero-order valence-corrected chi connectivity index (χ0v) is 18.6. The van der Waals surface area contributed by atoms with Crippen LogP contribution < -0.4 is 0 Å². The van der Waals surface area contributed by atoms with Crippen LogP contribution in [-0.4, -0.2) is 32.0 Å². The quantitative estimate of drug-likeness (QED) is 0.254. The molecule has 0 saturated carbocycles. The lowest BCUT2D eigenvalue weighted by atomic mass is 10.0.